The number of carbonyl (C=O) groups is 2. The number of urea groups is 1. The van der Waals surface area contributed by atoms with Crippen LogP contribution >= 0.6 is 0 Å². The Hall–Kier alpha value is -2.08. The molecule has 0 unspecified atom stereocenters. The first-order chi connectivity index (χ1) is 12.8. The standard InChI is InChI=1S/C21H34N2O4/c1-16(2)10-11-23(12-13-24)21(26)22-19(14-17(3)4)20(25)27-15-18-8-6-5-7-9-18/h5-9,16-17,19,24H,10-15H2,1-4H3,(H,22,26)/t19-/m0/s1. The fourth-order valence-corrected chi connectivity index (χ4v) is 2.60. The first kappa shape index (κ1) is 23.0. The van der Waals surface area contributed by atoms with E-state index < -0.39 is 12.0 Å². The molecular weight excluding hydrogens is 344 g/mol. The molecule has 0 radical (unpaired) electrons. The van der Waals surface area contributed by atoms with E-state index in [4.69, 9.17) is 4.74 Å². The van der Waals surface area contributed by atoms with Gasteiger partial charge in [-0.25, -0.2) is 9.59 Å². The molecule has 2 amide bonds. The van der Waals surface area contributed by atoms with Gasteiger partial charge in [0.1, 0.15) is 12.6 Å². The molecule has 0 aromatic heterocycles. The van der Waals surface area contributed by atoms with Gasteiger partial charge in [0.2, 0.25) is 0 Å². The topological polar surface area (TPSA) is 78.9 Å². The smallest absolute Gasteiger partial charge is 0.329 e. The Morgan fingerprint density at radius 3 is 2.30 bits per heavy atom. The molecular formula is C21H34N2O4. The van der Waals surface area contributed by atoms with Gasteiger partial charge in [0.25, 0.3) is 0 Å². The zero-order chi connectivity index (χ0) is 20.2. The van der Waals surface area contributed by atoms with Crippen molar-refractivity contribution in [2.24, 2.45) is 11.8 Å². The van der Waals surface area contributed by atoms with Crippen molar-refractivity contribution in [1.29, 1.82) is 0 Å². The molecule has 1 atom stereocenters. The van der Waals surface area contributed by atoms with E-state index in [1.54, 1.807) is 4.90 Å². The quantitative estimate of drug-likeness (QED) is 0.580. The molecule has 152 valence electrons. The van der Waals surface area contributed by atoms with E-state index in [-0.39, 0.29) is 31.7 Å². The number of esters is 1. The number of benzene rings is 1. The summed E-state index contributed by atoms with van der Waals surface area (Å²) in [5.74, 6) is 0.233. The van der Waals surface area contributed by atoms with Gasteiger partial charge in [-0.2, -0.15) is 0 Å². The fourth-order valence-electron chi connectivity index (χ4n) is 2.60. The molecule has 6 nitrogen and oxygen atoms in total. The van der Waals surface area contributed by atoms with Crippen molar-refractivity contribution in [2.75, 3.05) is 19.7 Å². The highest BCUT2D eigenvalue weighted by molar-refractivity contribution is 5.83. The molecule has 0 aliphatic rings. The third-order valence-electron chi connectivity index (χ3n) is 4.15. The lowest BCUT2D eigenvalue weighted by molar-refractivity contribution is -0.147. The van der Waals surface area contributed by atoms with Crippen LogP contribution in [0.4, 0.5) is 4.79 Å². The molecule has 0 aliphatic carbocycles. The van der Waals surface area contributed by atoms with E-state index in [1.165, 1.54) is 0 Å². The van der Waals surface area contributed by atoms with Gasteiger partial charge in [-0.15, -0.1) is 0 Å². The number of aliphatic hydroxyl groups is 1. The molecule has 0 spiro atoms. The van der Waals surface area contributed by atoms with Crippen LogP contribution in [0.3, 0.4) is 0 Å². The van der Waals surface area contributed by atoms with Gasteiger partial charge < -0.3 is 20.1 Å². The zero-order valence-corrected chi connectivity index (χ0v) is 17.0. The van der Waals surface area contributed by atoms with Crippen molar-refractivity contribution >= 4 is 12.0 Å². The summed E-state index contributed by atoms with van der Waals surface area (Å²) >= 11 is 0. The highest BCUT2D eigenvalue weighted by atomic mass is 16.5. The van der Waals surface area contributed by atoms with E-state index >= 15 is 0 Å². The number of nitrogens with zero attached hydrogens (tertiary/aromatic N) is 1. The Morgan fingerprint density at radius 1 is 1.07 bits per heavy atom. The summed E-state index contributed by atoms with van der Waals surface area (Å²) < 4.78 is 5.41. The summed E-state index contributed by atoms with van der Waals surface area (Å²) in [5.41, 5.74) is 0.902. The molecule has 1 aromatic rings. The van der Waals surface area contributed by atoms with Gasteiger partial charge in [-0.1, -0.05) is 58.0 Å². The molecule has 0 saturated heterocycles. The van der Waals surface area contributed by atoms with Crippen LogP contribution in [0, 0.1) is 11.8 Å². The van der Waals surface area contributed by atoms with Crippen LogP contribution in [-0.2, 0) is 16.1 Å². The molecule has 0 saturated carbocycles. The largest absolute Gasteiger partial charge is 0.459 e. The third kappa shape index (κ3) is 9.43. The second kappa shape index (κ2) is 12.3. The van der Waals surface area contributed by atoms with Crippen molar-refractivity contribution in [3.05, 3.63) is 35.9 Å². The number of ether oxygens (including phenoxy) is 1. The first-order valence-corrected chi connectivity index (χ1v) is 9.70. The summed E-state index contributed by atoms with van der Waals surface area (Å²) in [4.78, 5) is 26.7. The summed E-state index contributed by atoms with van der Waals surface area (Å²) in [6, 6.07) is 8.40. The van der Waals surface area contributed by atoms with E-state index in [0.29, 0.717) is 18.9 Å². The number of carbonyl (C=O) groups excluding carboxylic acids is 2. The van der Waals surface area contributed by atoms with Crippen molar-refractivity contribution in [2.45, 2.75) is 53.2 Å². The van der Waals surface area contributed by atoms with Crippen molar-refractivity contribution in [1.82, 2.24) is 10.2 Å². The average molecular weight is 379 g/mol. The van der Waals surface area contributed by atoms with E-state index in [1.807, 2.05) is 44.2 Å². The minimum atomic E-state index is -0.707. The number of aliphatic hydroxyl groups excluding tert-OH is 1. The fraction of sp³-hybridized carbons (Fsp3) is 0.619. The van der Waals surface area contributed by atoms with Gasteiger partial charge in [-0.05, 0) is 30.2 Å². The number of hydrogen-bond acceptors (Lipinski definition) is 4. The second-order valence-electron chi connectivity index (χ2n) is 7.62. The van der Waals surface area contributed by atoms with Gasteiger partial charge >= 0.3 is 12.0 Å². The molecule has 1 aromatic carbocycles. The summed E-state index contributed by atoms with van der Waals surface area (Å²) in [7, 11) is 0. The lowest BCUT2D eigenvalue weighted by atomic mass is 10.0. The highest BCUT2D eigenvalue weighted by Gasteiger charge is 2.25. The Morgan fingerprint density at radius 2 is 1.74 bits per heavy atom. The Labute approximate surface area is 162 Å². The molecule has 27 heavy (non-hydrogen) atoms. The maximum atomic E-state index is 12.6. The second-order valence-corrected chi connectivity index (χ2v) is 7.62. The molecule has 1 rings (SSSR count). The van der Waals surface area contributed by atoms with E-state index in [9.17, 15) is 14.7 Å². The van der Waals surface area contributed by atoms with Gasteiger partial charge in [0.15, 0.2) is 0 Å². The minimum Gasteiger partial charge on any atom is -0.459 e. The first-order valence-electron chi connectivity index (χ1n) is 9.70. The van der Waals surface area contributed by atoms with Gasteiger partial charge in [-0.3, -0.25) is 0 Å². The van der Waals surface area contributed by atoms with Gasteiger partial charge in [0, 0.05) is 13.1 Å². The van der Waals surface area contributed by atoms with Crippen LogP contribution in [-0.4, -0.2) is 47.7 Å². The Balaban J connectivity index is 2.69. The highest BCUT2D eigenvalue weighted by Crippen LogP contribution is 2.10. The number of rotatable bonds is 11. The van der Waals surface area contributed by atoms with Crippen LogP contribution in [0.25, 0.3) is 0 Å². The molecule has 6 heteroatoms. The SMILES string of the molecule is CC(C)CCN(CCO)C(=O)N[C@@H](CC(C)C)C(=O)OCc1ccccc1. The lowest BCUT2D eigenvalue weighted by Crippen LogP contribution is -2.50. The maximum absolute atomic E-state index is 12.6. The van der Waals surface area contributed by atoms with Crippen molar-refractivity contribution in [3.63, 3.8) is 0 Å². The molecule has 0 heterocycles. The summed E-state index contributed by atoms with van der Waals surface area (Å²) in [5, 5.41) is 12.0. The molecule has 2 N–H and O–H groups in total. The lowest BCUT2D eigenvalue weighted by Gasteiger charge is -2.26. The number of amides is 2. The minimum absolute atomic E-state index is 0.112. The zero-order valence-electron chi connectivity index (χ0n) is 17.0. The van der Waals surface area contributed by atoms with Crippen LogP contribution in [0.1, 0.15) is 46.1 Å². The predicted octanol–water partition coefficient (Wildman–Crippen LogP) is 3.19. The van der Waals surface area contributed by atoms with Crippen LogP contribution in [0.2, 0.25) is 0 Å². The van der Waals surface area contributed by atoms with Gasteiger partial charge in [0.05, 0.1) is 6.61 Å². The van der Waals surface area contributed by atoms with Crippen molar-refractivity contribution in [3.8, 4) is 0 Å². The Kier molecular flexibility index (Phi) is 10.5. The van der Waals surface area contributed by atoms with Crippen LogP contribution in [0.15, 0.2) is 30.3 Å². The predicted molar refractivity (Wildman–Crippen MR) is 106 cm³/mol. The van der Waals surface area contributed by atoms with E-state index in [0.717, 1.165) is 12.0 Å². The van der Waals surface area contributed by atoms with Crippen LogP contribution in [0.5, 0.6) is 0 Å². The molecule has 0 bridgehead atoms. The maximum Gasteiger partial charge on any atom is 0.329 e. The third-order valence-corrected chi connectivity index (χ3v) is 4.15. The monoisotopic (exact) mass is 378 g/mol. The number of hydrogen-bond donors (Lipinski definition) is 2. The Bertz CT molecular complexity index is 561. The van der Waals surface area contributed by atoms with Crippen LogP contribution < -0.4 is 5.32 Å². The average Bonchev–Trinajstić information content (AvgIpc) is 2.62. The normalized spacial score (nSPS) is 12.1. The molecule has 0 aliphatic heterocycles. The molecule has 0 fully saturated rings. The van der Waals surface area contributed by atoms with Crippen molar-refractivity contribution < 1.29 is 19.4 Å². The summed E-state index contributed by atoms with van der Waals surface area (Å²) in [6.07, 6.45) is 1.33. The number of nitrogens with one attached hydrogen (secondary N) is 1. The van der Waals surface area contributed by atoms with E-state index in [2.05, 4.69) is 19.2 Å². The summed E-state index contributed by atoms with van der Waals surface area (Å²) in [6.45, 7) is 9.00.